The summed E-state index contributed by atoms with van der Waals surface area (Å²) in [5.74, 6) is 0.278. The number of aromatic nitrogens is 4. The molecular weight excluding hydrogens is 497 g/mol. The number of benzene rings is 2. The van der Waals surface area contributed by atoms with Gasteiger partial charge in [0.1, 0.15) is 23.1 Å². The van der Waals surface area contributed by atoms with Gasteiger partial charge >= 0.3 is 0 Å². The van der Waals surface area contributed by atoms with Crippen molar-refractivity contribution in [1.29, 1.82) is 0 Å². The number of fused-ring (bicyclic) bond motifs is 1. The number of anilines is 1. The fraction of sp³-hybridized carbons (Fsp3) is 0.167. The Morgan fingerprint density at radius 3 is 2.51 bits per heavy atom. The van der Waals surface area contributed by atoms with Gasteiger partial charge in [-0.2, -0.15) is 5.10 Å². The van der Waals surface area contributed by atoms with E-state index in [9.17, 15) is 14.0 Å². The van der Waals surface area contributed by atoms with E-state index in [1.165, 1.54) is 30.5 Å². The molecule has 6 rings (SSSR count). The van der Waals surface area contributed by atoms with Crippen LogP contribution in [0, 0.1) is 19.7 Å². The molecule has 0 spiro atoms. The Morgan fingerprint density at radius 1 is 1.03 bits per heavy atom. The third-order valence-electron chi connectivity index (χ3n) is 6.75. The van der Waals surface area contributed by atoms with Crippen LogP contribution in [0.5, 0.6) is 11.5 Å². The lowest BCUT2D eigenvalue weighted by Crippen LogP contribution is -2.27. The molecule has 0 aliphatic heterocycles. The van der Waals surface area contributed by atoms with Gasteiger partial charge in [-0.1, -0.05) is 12.1 Å². The predicted octanol–water partition coefficient (Wildman–Crippen LogP) is 5.99. The van der Waals surface area contributed by atoms with Gasteiger partial charge in [0.25, 0.3) is 5.91 Å². The molecule has 1 fully saturated rings. The van der Waals surface area contributed by atoms with Gasteiger partial charge in [0.15, 0.2) is 5.69 Å². The molecule has 3 aromatic heterocycles. The number of pyridine rings is 2. The number of halogens is 1. The first-order valence-corrected chi connectivity index (χ1v) is 12.6. The molecule has 3 heterocycles. The highest BCUT2D eigenvalue weighted by Crippen LogP contribution is 2.34. The van der Waals surface area contributed by atoms with Crippen LogP contribution in [0.15, 0.2) is 78.0 Å². The van der Waals surface area contributed by atoms with Crippen molar-refractivity contribution in [1.82, 2.24) is 19.7 Å². The Bertz CT molecular complexity index is 1780. The molecule has 1 saturated carbocycles. The van der Waals surface area contributed by atoms with Gasteiger partial charge in [0.05, 0.1) is 17.8 Å². The number of carbonyl (C=O) groups excluding carboxylic acids is 1. The molecule has 194 valence electrons. The third kappa shape index (κ3) is 4.98. The highest BCUT2D eigenvalue weighted by Gasteiger charge is 2.27. The standard InChI is InChI=1S/C30H24FN5O3/c1-17-13-23-25(14-18(17)2)32-12-11-26(23)39-22-9-10-27(33-15-22)34-30(38)28-29(37)24(16-36(35-28)21-7-8-21)19-3-5-20(31)6-4-19/h3-6,9-16,21H,7-8H2,1-2H3,(H,33,34,38). The third-order valence-corrected chi connectivity index (χ3v) is 6.75. The summed E-state index contributed by atoms with van der Waals surface area (Å²) >= 11 is 0. The van der Waals surface area contributed by atoms with Crippen LogP contribution in [0.25, 0.3) is 22.0 Å². The minimum absolute atomic E-state index is 0.128. The van der Waals surface area contributed by atoms with E-state index in [1.807, 2.05) is 26.0 Å². The fourth-order valence-corrected chi connectivity index (χ4v) is 4.30. The number of hydrogen-bond acceptors (Lipinski definition) is 6. The van der Waals surface area contributed by atoms with Crippen molar-refractivity contribution in [2.75, 3.05) is 5.32 Å². The summed E-state index contributed by atoms with van der Waals surface area (Å²) in [5.41, 5.74) is 3.13. The fourth-order valence-electron chi connectivity index (χ4n) is 4.30. The first kappa shape index (κ1) is 24.4. The Balaban J connectivity index is 1.24. The average Bonchev–Trinajstić information content (AvgIpc) is 3.77. The van der Waals surface area contributed by atoms with Gasteiger partial charge in [0.2, 0.25) is 5.43 Å². The van der Waals surface area contributed by atoms with E-state index in [2.05, 4.69) is 20.4 Å². The van der Waals surface area contributed by atoms with Gasteiger partial charge in [-0.15, -0.1) is 0 Å². The van der Waals surface area contributed by atoms with E-state index in [1.54, 1.807) is 35.3 Å². The van der Waals surface area contributed by atoms with Gasteiger partial charge in [-0.3, -0.25) is 19.3 Å². The summed E-state index contributed by atoms with van der Waals surface area (Å²) in [5, 5.41) is 7.85. The lowest BCUT2D eigenvalue weighted by molar-refractivity contribution is 0.101. The Labute approximate surface area is 223 Å². The first-order chi connectivity index (χ1) is 18.9. The zero-order valence-corrected chi connectivity index (χ0v) is 21.3. The summed E-state index contributed by atoms with van der Waals surface area (Å²) in [4.78, 5) is 35.1. The topological polar surface area (TPSA) is 99.0 Å². The summed E-state index contributed by atoms with van der Waals surface area (Å²) in [6.45, 7) is 4.07. The summed E-state index contributed by atoms with van der Waals surface area (Å²) in [6, 6.07) is 14.8. The number of nitrogens with one attached hydrogen (secondary N) is 1. The highest BCUT2D eigenvalue weighted by molar-refractivity contribution is 6.02. The zero-order valence-electron chi connectivity index (χ0n) is 21.3. The normalized spacial score (nSPS) is 12.9. The van der Waals surface area contributed by atoms with Crippen LogP contribution >= 0.6 is 0 Å². The second-order valence-electron chi connectivity index (χ2n) is 9.64. The van der Waals surface area contributed by atoms with Crippen LogP contribution < -0.4 is 15.5 Å². The number of aryl methyl sites for hydroxylation is 2. The second-order valence-corrected chi connectivity index (χ2v) is 9.64. The predicted molar refractivity (Wildman–Crippen MR) is 146 cm³/mol. The molecule has 9 heteroatoms. The van der Waals surface area contributed by atoms with Crippen LogP contribution in [-0.4, -0.2) is 25.7 Å². The molecule has 0 bridgehead atoms. The number of ether oxygens (including phenoxy) is 1. The minimum Gasteiger partial charge on any atom is -0.455 e. The summed E-state index contributed by atoms with van der Waals surface area (Å²) in [7, 11) is 0. The van der Waals surface area contributed by atoms with Crippen molar-refractivity contribution in [2.24, 2.45) is 0 Å². The van der Waals surface area contributed by atoms with E-state index in [0.717, 1.165) is 34.9 Å². The number of rotatable bonds is 6. The molecular formula is C30H24FN5O3. The molecule has 1 aliphatic carbocycles. The maximum Gasteiger partial charge on any atom is 0.281 e. The molecule has 0 unspecified atom stereocenters. The summed E-state index contributed by atoms with van der Waals surface area (Å²) < 4.78 is 21.1. The number of amides is 1. The SMILES string of the molecule is Cc1cc2nccc(Oc3ccc(NC(=O)c4nn(C5CC5)cc(-c5ccc(F)cc5)c4=O)nc3)c2cc1C. The van der Waals surface area contributed by atoms with Crippen molar-refractivity contribution >= 4 is 22.6 Å². The largest absolute Gasteiger partial charge is 0.455 e. The van der Waals surface area contributed by atoms with Crippen LogP contribution in [-0.2, 0) is 0 Å². The van der Waals surface area contributed by atoms with Crippen molar-refractivity contribution in [3.8, 4) is 22.6 Å². The van der Waals surface area contributed by atoms with Crippen molar-refractivity contribution in [3.63, 3.8) is 0 Å². The number of hydrogen-bond donors (Lipinski definition) is 1. The lowest BCUT2D eigenvalue weighted by Gasteiger charge is -2.12. The van der Waals surface area contributed by atoms with Crippen molar-refractivity contribution in [3.05, 3.63) is 106 Å². The molecule has 0 atom stereocenters. The maximum atomic E-state index is 13.4. The van der Waals surface area contributed by atoms with Gasteiger partial charge in [0, 0.05) is 23.3 Å². The number of nitrogens with zero attached hydrogens (tertiary/aromatic N) is 4. The molecule has 1 amide bonds. The minimum atomic E-state index is -0.675. The highest BCUT2D eigenvalue weighted by atomic mass is 19.1. The van der Waals surface area contributed by atoms with E-state index in [-0.39, 0.29) is 23.1 Å². The molecule has 0 radical (unpaired) electrons. The number of carbonyl (C=O) groups is 1. The molecule has 0 saturated heterocycles. The van der Waals surface area contributed by atoms with E-state index in [0.29, 0.717) is 17.1 Å². The van der Waals surface area contributed by atoms with Crippen LogP contribution in [0.4, 0.5) is 10.2 Å². The smallest absolute Gasteiger partial charge is 0.281 e. The molecule has 8 nitrogen and oxygen atoms in total. The van der Waals surface area contributed by atoms with E-state index >= 15 is 0 Å². The first-order valence-electron chi connectivity index (χ1n) is 12.6. The molecule has 1 aliphatic rings. The van der Waals surface area contributed by atoms with Crippen LogP contribution in [0.1, 0.15) is 40.5 Å². The quantitative estimate of drug-likeness (QED) is 0.295. The van der Waals surface area contributed by atoms with Gasteiger partial charge < -0.3 is 10.1 Å². The van der Waals surface area contributed by atoms with Gasteiger partial charge in [-0.25, -0.2) is 9.37 Å². The van der Waals surface area contributed by atoms with Crippen LogP contribution in [0.3, 0.4) is 0 Å². The Morgan fingerprint density at radius 2 is 1.79 bits per heavy atom. The molecule has 5 aromatic rings. The monoisotopic (exact) mass is 521 g/mol. The Hall–Kier alpha value is -4.92. The molecule has 39 heavy (non-hydrogen) atoms. The van der Waals surface area contributed by atoms with Crippen molar-refractivity contribution in [2.45, 2.75) is 32.7 Å². The van der Waals surface area contributed by atoms with Crippen molar-refractivity contribution < 1.29 is 13.9 Å². The Kier molecular flexibility index (Phi) is 6.11. The molecule has 1 N–H and O–H groups in total. The second kappa shape index (κ2) is 9.75. The van der Waals surface area contributed by atoms with Crippen LogP contribution in [0.2, 0.25) is 0 Å². The van der Waals surface area contributed by atoms with Gasteiger partial charge in [-0.05, 0) is 85.8 Å². The van der Waals surface area contributed by atoms with E-state index in [4.69, 9.17) is 4.74 Å². The zero-order chi connectivity index (χ0) is 27.1. The lowest BCUT2D eigenvalue weighted by atomic mass is 10.1. The van der Waals surface area contributed by atoms with E-state index < -0.39 is 17.2 Å². The summed E-state index contributed by atoms with van der Waals surface area (Å²) in [6.07, 6.45) is 6.63. The average molecular weight is 522 g/mol. The maximum absolute atomic E-state index is 13.4. The molecule has 2 aromatic carbocycles.